The summed E-state index contributed by atoms with van der Waals surface area (Å²) < 4.78 is 5.99. The molecule has 1 saturated carbocycles. The maximum atomic E-state index is 11.0. The van der Waals surface area contributed by atoms with Gasteiger partial charge in [0.15, 0.2) is 0 Å². The Morgan fingerprint density at radius 3 is 2.56 bits per heavy atom. The zero-order valence-electron chi connectivity index (χ0n) is 11.4. The van der Waals surface area contributed by atoms with Gasteiger partial charge >= 0.3 is 0 Å². The van der Waals surface area contributed by atoms with E-state index in [0.29, 0.717) is 17.9 Å². The summed E-state index contributed by atoms with van der Waals surface area (Å²) in [5.74, 6) is 0.953. The summed E-state index contributed by atoms with van der Waals surface area (Å²) in [5, 5.41) is 0. The third-order valence-corrected chi connectivity index (χ3v) is 3.35. The first-order chi connectivity index (χ1) is 7.28. The van der Waals surface area contributed by atoms with Crippen molar-refractivity contribution in [2.45, 2.75) is 72.5 Å². The molecule has 0 spiro atoms. The number of ether oxygens (including phenoxy) is 1. The monoisotopic (exact) mass is 226 g/mol. The molecular weight excluding hydrogens is 200 g/mol. The molecular formula is C14H26O2. The van der Waals surface area contributed by atoms with Crippen molar-refractivity contribution in [1.82, 2.24) is 0 Å². The van der Waals surface area contributed by atoms with Crippen LogP contribution >= 0.6 is 0 Å². The van der Waals surface area contributed by atoms with E-state index in [1.807, 2.05) is 6.92 Å². The molecule has 0 heterocycles. The second-order valence-electron chi connectivity index (χ2n) is 6.39. The van der Waals surface area contributed by atoms with Crippen molar-refractivity contribution in [3.8, 4) is 0 Å². The van der Waals surface area contributed by atoms with Crippen molar-refractivity contribution < 1.29 is 9.53 Å². The first-order valence-corrected chi connectivity index (χ1v) is 6.43. The van der Waals surface area contributed by atoms with Crippen molar-refractivity contribution in [3.63, 3.8) is 0 Å². The minimum atomic E-state index is 0.0728. The first kappa shape index (κ1) is 13.7. The van der Waals surface area contributed by atoms with Crippen LogP contribution in [0.5, 0.6) is 0 Å². The second kappa shape index (κ2) is 5.31. The molecule has 3 atom stereocenters. The normalized spacial score (nSPS) is 31.1. The molecule has 2 heteroatoms. The van der Waals surface area contributed by atoms with Crippen LogP contribution < -0.4 is 0 Å². The van der Waals surface area contributed by atoms with Crippen LogP contribution in [-0.2, 0) is 9.53 Å². The molecule has 16 heavy (non-hydrogen) atoms. The summed E-state index contributed by atoms with van der Waals surface area (Å²) in [5.41, 5.74) is 0.387. The molecule has 1 aliphatic rings. The summed E-state index contributed by atoms with van der Waals surface area (Å²) in [6, 6.07) is 0. The molecule has 2 nitrogen and oxygen atoms in total. The van der Waals surface area contributed by atoms with E-state index in [1.54, 1.807) is 6.92 Å². The van der Waals surface area contributed by atoms with Gasteiger partial charge in [-0.25, -0.2) is 0 Å². The molecule has 1 fully saturated rings. The van der Waals surface area contributed by atoms with Gasteiger partial charge in [0.05, 0.1) is 12.2 Å². The van der Waals surface area contributed by atoms with Gasteiger partial charge in [0, 0.05) is 6.42 Å². The fourth-order valence-electron chi connectivity index (χ4n) is 3.14. The van der Waals surface area contributed by atoms with Crippen molar-refractivity contribution in [2.24, 2.45) is 11.3 Å². The molecule has 1 aliphatic carbocycles. The fourth-order valence-corrected chi connectivity index (χ4v) is 3.14. The minimum absolute atomic E-state index is 0.0728. The van der Waals surface area contributed by atoms with Gasteiger partial charge in [0.25, 0.3) is 0 Å². The number of rotatable bonds is 4. The third-order valence-electron chi connectivity index (χ3n) is 3.35. The molecule has 0 aromatic carbocycles. The number of carbonyl (C=O) groups is 1. The molecule has 0 aromatic rings. The molecule has 0 amide bonds. The van der Waals surface area contributed by atoms with E-state index in [9.17, 15) is 4.79 Å². The molecule has 3 unspecified atom stereocenters. The van der Waals surface area contributed by atoms with Crippen LogP contribution in [0.25, 0.3) is 0 Å². The van der Waals surface area contributed by atoms with Crippen LogP contribution in [0.2, 0.25) is 0 Å². The molecule has 0 bridgehead atoms. The van der Waals surface area contributed by atoms with E-state index in [-0.39, 0.29) is 11.9 Å². The van der Waals surface area contributed by atoms with E-state index in [2.05, 4.69) is 20.8 Å². The maximum absolute atomic E-state index is 11.0. The highest BCUT2D eigenvalue weighted by atomic mass is 16.5. The standard InChI is InChI=1S/C14H26O2/c1-10-6-13(9-14(4,5)8-10)16-12(3)7-11(2)15/h10,12-13H,6-9H2,1-5H3. The summed E-state index contributed by atoms with van der Waals surface area (Å²) >= 11 is 0. The number of carbonyl (C=O) groups excluding carboxylic acids is 1. The summed E-state index contributed by atoms with van der Waals surface area (Å²) in [6.07, 6.45) is 4.52. The van der Waals surface area contributed by atoms with E-state index >= 15 is 0 Å². The molecule has 0 N–H and O–H groups in total. The van der Waals surface area contributed by atoms with E-state index in [0.717, 1.165) is 18.8 Å². The zero-order chi connectivity index (χ0) is 12.3. The zero-order valence-corrected chi connectivity index (χ0v) is 11.4. The Bertz CT molecular complexity index is 245. The quantitative estimate of drug-likeness (QED) is 0.732. The van der Waals surface area contributed by atoms with Crippen LogP contribution in [-0.4, -0.2) is 18.0 Å². The lowest BCUT2D eigenvalue weighted by Crippen LogP contribution is -2.34. The Morgan fingerprint density at radius 1 is 1.44 bits per heavy atom. The van der Waals surface area contributed by atoms with Gasteiger partial charge in [0.1, 0.15) is 5.78 Å². The van der Waals surface area contributed by atoms with Gasteiger partial charge in [-0.15, -0.1) is 0 Å². The lowest BCUT2D eigenvalue weighted by molar-refractivity contribution is -0.122. The molecule has 0 aromatic heterocycles. The maximum Gasteiger partial charge on any atom is 0.132 e. The fraction of sp³-hybridized carbons (Fsp3) is 0.929. The Morgan fingerprint density at radius 2 is 2.06 bits per heavy atom. The predicted molar refractivity (Wildman–Crippen MR) is 66.4 cm³/mol. The second-order valence-corrected chi connectivity index (χ2v) is 6.39. The van der Waals surface area contributed by atoms with E-state index in [1.165, 1.54) is 6.42 Å². The number of Topliss-reactive ketones (excluding diaryl/α,β-unsaturated/α-hetero) is 1. The Hall–Kier alpha value is -0.370. The highest BCUT2D eigenvalue weighted by molar-refractivity contribution is 5.75. The molecule has 0 aliphatic heterocycles. The highest BCUT2D eigenvalue weighted by Crippen LogP contribution is 2.40. The van der Waals surface area contributed by atoms with Gasteiger partial charge in [-0.3, -0.25) is 4.79 Å². The van der Waals surface area contributed by atoms with E-state index in [4.69, 9.17) is 4.74 Å². The number of hydrogen-bond acceptors (Lipinski definition) is 2. The summed E-state index contributed by atoms with van der Waals surface area (Å²) in [4.78, 5) is 11.0. The van der Waals surface area contributed by atoms with Crippen LogP contribution in [0.4, 0.5) is 0 Å². The van der Waals surface area contributed by atoms with Gasteiger partial charge in [0.2, 0.25) is 0 Å². The summed E-state index contributed by atoms with van der Waals surface area (Å²) in [7, 11) is 0. The molecule has 1 rings (SSSR count). The average molecular weight is 226 g/mol. The number of ketones is 1. The SMILES string of the molecule is CC(=O)CC(C)OC1CC(C)CC(C)(C)C1. The first-order valence-electron chi connectivity index (χ1n) is 6.43. The largest absolute Gasteiger partial charge is 0.375 e. The van der Waals surface area contributed by atoms with Gasteiger partial charge < -0.3 is 4.74 Å². The Balaban J connectivity index is 2.44. The smallest absolute Gasteiger partial charge is 0.132 e. The van der Waals surface area contributed by atoms with Crippen molar-refractivity contribution in [1.29, 1.82) is 0 Å². The lowest BCUT2D eigenvalue weighted by Gasteiger charge is -2.39. The Labute approximate surface area is 99.8 Å². The molecule has 0 saturated heterocycles. The Kier molecular flexibility index (Phi) is 4.54. The van der Waals surface area contributed by atoms with Crippen LogP contribution in [0.1, 0.15) is 60.3 Å². The minimum Gasteiger partial charge on any atom is -0.375 e. The molecule has 94 valence electrons. The van der Waals surface area contributed by atoms with Crippen molar-refractivity contribution in [2.75, 3.05) is 0 Å². The van der Waals surface area contributed by atoms with Crippen LogP contribution in [0.3, 0.4) is 0 Å². The van der Waals surface area contributed by atoms with Gasteiger partial charge in [-0.1, -0.05) is 20.8 Å². The van der Waals surface area contributed by atoms with E-state index < -0.39 is 0 Å². The third kappa shape index (κ3) is 4.65. The van der Waals surface area contributed by atoms with Crippen LogP contribution in [0.15, 0.2) is 0 Å². The topological polar surface area (TPSA) is 26.3 Å². The van der Waals surface area contributed by atoms with Crippen LogP contribution in [0, 0.1) is 11.3 Å². The van der Waals surface area contributed by atoms with Gasteiger partial charge in [-0.2, -0.15) is 0 Å². The lowest BCUT2D eigenvalue weighted by atomic mass is 9.71. The number of hydrogen-bond donors (Lipinski definition) is 0. The van der Waals surface area contributed by atoms with Crippen molar-refractivity contribution in [3.05, 3.63) is 0 Å². The summed E-state index contributed by atoms with van der Waals surface area (Å²) in [6.45, 7) is 10.6. The highest BCUT2D eigenvalue weighted by Gasteiger charge is 2.33. The van der Waals surface area contributed by atoms with Crippen molar-refractivity contribution >= 4 is 5.78 Å². The molecule has 0 radical (unpaired) electrons. The predicted octanol–water partition coefficient (Wildman–Crippen LogP) is 3.59. The van der Waals surface area contributed by atoms with Gasteiger partial charge in [-0.05, 0) is 44.4 Å². The average Bonchev–Trinajstić information content (AvgIpc) is 1.95.